The Hall–Kier alpha value is -7.83. The Kier molecular flexibility index (Phi) is 20.8. The molecule has 0 unspecified atom stereocenters. The highest BCUT2D eigenvalue weighted by Gasteiger charge is 2.35. The van der Waals surface area contributed by atoms with Crippen molar-refractivity contribution < 1.29 is 33.9 Å². The van der Waals surface area contributed by atoms with Gasteiger partial charge in [-0.15, -0.1) is 0 Å². The fraction of sp³-hybridized carbons (Fsp3) is 0.417. The summed E-state index contributed by atoms with van der Waals surface area (Å²) in [7, 11) is 0. The molecule has 0 saturated carbocycles. The summed E-state index contributed by atoms with van der Waals surface area (Å²) in [6.07, 6.45) is 4.71. The molecule has 6 amide bonds. The predicted octanol–water partition coefficient (Wildman–Crippen LogP) is 3.46. The van der Waals surface area contributed by atoms with Crippen LogP contribution in [-0.2, 0) is 61.0 Å². The minimum absolute atomic E-state index is 0.0584. The van der Waals surface area contributed by atoms with Crippen LogP contribution in [0.4, 0.5) is 0 Å². The monoisotopic (exact) mass is 1060 g/mol. The molecule has 5 atom stereocenters. The molecule has 0 aliphatic carbocycles. The minimum Gasteiger partial charge on any atom is -0.508 e. The van der Waals surface area contributed by atoms with Crippen LogP contribution in [0, 0.1) is 19.8 Å². The molecule has 0 aromatic heterocycles. The molecule has 5 aromatic rings. The zero-order valence-corrected chi connectivity index (χ0v) is 44.9. The summed E-state index contributed by atoms with van der Waals surface area (Å²) < 4.78 is 0. The number of guanidine groups is 1. The average Bonchev–Trinajstić information content (AvgIpc) is 3.58. The second kappa shape index (κ2) is 28.0. The molecule has 0 bridgehead atoms. The highest BCUT2D eigenvalue weighted by atomic mass is 16.3. The Balaban J connectivity index is 1.06. The third kappa shape index (κ3) is 16.6. The highest BCUT2D eigenvalue weighted by molar-refractivity contribution is 5.96. The van der Waals surface area contributed by atoms with E-state index in [-0.39, 0.29) is 63.4 Å². The quantitative estimate of drug-likeness (QED) is 0.0232. The van der Waals surface area contributed by atoms with Gasteiger partial charge in [-0.25, -0.2) is 0 Å². The number of phenolic OH excluding ortho intramolecular Hbond substituents is 1. The van der Waals surface area contributed by atoms with Gasteiger partial charge in [0, 0.05) is 38.9 Å². The zero-order valence-electron chi connectivity index (χ0n) is 44.9. The molecule has 414 valence electrons. The third-order valence-corrected chi connectivity index (χ3v) is 15.1. The van der Waals surface area contributed by atoms with Crippen LogP contribution in [0.1, 0.15) is 83.9 Å². The number of fused-ring (bicyclic) bond motifs is 3. The number of nitrogens with one attached hydrogen (secondary N) is 4. The Labute approximate surface area is 457 Å². The maximum atomic E-state index is 14.8. The number of nitrogens with zero attached hydrogens (tertiary/aromatic N) is 3. The molecule has 7 rings (SSSR count). The number of phenols is 1. The van der Waals surface area contributed by atoms with Crippen LogP contribution in [0.15, 0.2) is 114 Å². The van der Waals surface area contributed by atoms with Crippen LogP contribution in [-0.4, -0.2) is 119 Å². The molecule has 1 saturated heterocycles. The van der Waals surface area contributed by atoms with Crippen LogP contribution in [0.3, 0.4) is 0 Å². The molecule has 5 aromatic carbocycles. The first kappa shape index (κ1) is 57.9. The number of carbonyl (C=O) groups is 6. The van der Waals surface area contributed by atoms with Crippen molar-refractivity contribution in [2.75, 3.05) is 32.7 Å². The number of hydrogen-bond donors (Lipinski definition) is 9. The number of benzene rings is 5. The second-order valence-electron chi connectivity index (χ2n) is 21.0. The van der Waals surface area contributed by atoms with Crippen molar-refractivity contribution in [1.29, 1.82) is 0 Å². The lowest BCUT2D eigenvalue weighted by Crippen LogP contribution is -2.56. The van der Waals surface area contributed by atoms with Crippen LogP contribution in [0.25, 0.3) is 10.8 Å². The summed E-state index contributed by atoms with van der Waals surface area (Å²) in [6, 6.07) is 29.3. The van der Waals surface area contributed by atoms with E-state index in [0.29, 0.717) is 25.2 Å². The van der Waals surface area contributed by atoms with Crippen LogP contribution in [0.2, 0.25) is 0 Å². The molecule has 1 fully saturated rings. The van der Waals surface area contributed by atoms with Gasteiger partial charge in [0.05, 0.1) is 6.04 Å². The number of primary amides is 1. The maximum absolute atomic E-state index is 14.8. The number of aryl methyl sites for hydroxylation is 2. The topological polar surface area (TPSA) is 294 Å². The number of likely N-dealkylation sites (tertiary alicyclic amines) is 1. The number of piperidine rings is 1. The molecular formula is C60H77N11O7. The van der Waals surface area contributed by atoms with Crippen LogP contribution >= 0.6 is 0 Å². The number of hydrogen-bond acceptors (Lipinski definition) is 10. The van der Waals surface area contributed by atoms with Gasteiger partial charge >= 0.3 is 0 Å². The van der Waals surface area contributed by atoms with Gasteiger partial charge in [0.2, 0.25) is 35.4 Å². The van der Waals surface area contributed by atoms with Gasteiger partial charge in [0.1, 0.15) is 29.9 Å². The molecule has 2 heterocycles. The van der Waals surface area contributed by atoms with E-state index in [0.717, 1.165) is 83.0 Å². The fourth-order valence-corrected chi connectivity index (χ4v) is 10.8. The maximum Gasteiger partial charge on any atom is 0.245 e. The van der Waals surface area contributed by atoms with Crippen molar-refractivity contribution in [3.8, 4) is 5.75 Å². The van der Waals surface area contributed by atoms with E-state index >= 15 is 0 Å². The van der Waals surface area contributed by atoms with E-state index in [2.05, 4.69) is 55.4 Å². The summed E-state index contributed by atoms with van der Waals surface area (Å²) in [6.45, 7) is 6.46. The van der Waals surface area contributed by atoms with Crippen LogP contribution < -0.4 is 44.2 Å². The van der Waals surface area contributed by atoms with Gasteiger partial charge in [0.25, 0.3) is 0 Å². The molecule has 0 spiro atoms. The Morgan fingerprint density at radius 1 is 0.718 bits per heavy atom. The number of rotatable bonds is 25. The molecule has 78 heavy (non-hydrogen) atoms. The summed E-state index contributed by atoms with van der Waals surface area (Å²) in [5, 5.41) is 23.5. The summed E-state index contributed by atoms with van der Waals surface area (Å²) in [4.78, 5) is 92.1. The SMILES string of the molecule is Cc1cc(O)cc(C)c1C[C@H](N)C(=O)N[C@H](CCCN=C(N)N)C(=O)N[C@H]1Cc2c(ccc3ccccc23)CN(CCC(=O)N[C@@H](CCCN2CCC(Cc3ccccc3)CC2)C(=O)N[C@@H](Cc2ccccc2)C(N)=O)C1=O. The van der Waals surface area contributed by atoms with Crippen molar-refractivity contribution in [3.05, 3.63) is 148 Å². The lowest BCUT2D eigenvalue weighted by atomic mass is 9.90. The van der Waals surface area contributed by atoms with E-state index in [1.807, 2.05) is 86.6 Å². The third-order valence-electron chi connectivity index (χ3n) is 15.1. The van der Waals surface area contributed by atoms with Crippen molar-refractivity contribution >= 4 is 52.2 Å². The van der Waals surface area contributed by atoms with Gasteiger partial charge in [-0.3, -0.25) is 33.8 Å². The van der Waals surface area contributed by atoms with Crippen molar-refractivity contribution in [2.24, 2.45) is 33.8 Å². The summed E-state index contributed by atoms with van der Waals surface area (Å²) in [5.41, 5.74) is 29.6. The molecular weight excluding hydrogens is 987 g/mol. The molecule has 0 radical (unpaired) electrons. The molecule has 18 heteroatoms. The summed E-state index contributed by atoms with van der Waals surface area (Å²) >= 11 is 0. The van der Waals surface area contributed by atoms with Gasteiger partial charge in [-0.2, -0.15) is 0 Å². The highest BCUT2D eigenvalue weighted by Crippen LogP contribution is 2.29. The van der Waals surface area contributed by atoms with Gasteiger partial charge in [-0.1, -0.05) is 97.1 Å². The minimum atomic E-state index is -1.14. The Morgan fingerprint density at radius 3 is 2.03 bits per heavy atom. The predicted molar refractivity (Wildman–Crippen MR) is 302 cm³/mol. The number of aromatic hydroxyl groups is 1. The number of amides is 6. The van der Waals surface area contributed by atoms with Crippen molar-refractivity contribution in [2.45, 2.75) is 121 Å². The molecule has 13 N–H and O–H groups in total. The number of aliphatic imine (C=N–C) groups is 1. The van der Waals surface area contributed by atoms with E-state index < -0.39 is 65.7 Å². The fourth-order valence-electron chi connectivity index (χ4n) is 10.8. The first-order valence-corrected chi connectivity index (χ1v) is 27.2. The lowest BCUT2D eigenvalue weighted by molar-refractivity contribution is -0.138. The van der Waals surface area contributed by atoms with Crippen molar-refractivity contribution in [1.82, 2.24) is 31.1 Å². The summed E-state index contributed by atoms with van der Waals surface area (Å²) in [5.74, 6) is -2.81. The largest absolute Gasteiger partial charge is 0.508 e. The zero-order chi connectivity index (χ0) is 55.7. The van der Waals surface area contributed by atoms with E-state index in [1.165, 1.54) is 10.5 Å². The van der Waals surface area contributed by atoms with Crippen molar-refractivity contribution in [3.63, 3.8) is 0 Å². The van der Waals surface area contributed by atoms with Gasteiger partial charge in [0.15, 0.2) is 5.96 Å². The Morgan fingerprint density at radius 2 is 1.35 bits per heavy atom. The normalized spacial score (nSPS) is 16.4. The van der Waals surface area contributed by atoms with E-state index in [4.69, 9.17) is 22.9 Å². The molecule has 2 aliphatic heterocycles. The average molecular weight is 1060 g/mol. The van der Waals surface area contributed by atoms with Gasteiger partial charge in [-0.05, 0) is 153 Å². The van der Waals surface area contributed by atoms with Gasteiger partial charge < -0.3 is 59.1 Å². The molecule has 18 nitrogen and oxygen atoms in total. The van der Waals surface area contributed by atoms with E-state index in [1.54, 1.807) is 12.1 Å². The first-order chi connectivity index (χ1) is 37.5. The van der Waals surface area contributed by atoms with E-state index in [9.17, 15) is 33.9 Å². The smallest absolute Gasteiger partial charge is 0.245 e. The first-order valence-electron chi connectivity index (χ1n) is 27.2. The molecule has 2 aliphatic rings. The second-order valence-corrected chi connectivity index (χ2v) is 21.0. The number of carbonyl (C=O) groups excluding carboxylic acids is 6. The standard InChI is InChI=1S/C60H77N11O7/c1-38-31-45(72)32-39(2)47(38)35-49(61)56(75)67-51(19-11-26-65-60(63)64)58(77)69-53-36-48-44(22-21-43-17-9-10-18-46(43)48)37-71(59(53)78)30-25-54(73)66-50(57(76)68-52(55(62)74)34-41-15-7-4-8-16-41)20-12-27-70-28-23-42(24-29-70)33-40-13-5-3-6-14-40/h3-10,13-18,21-22,31-32,42,49-53,72H,11-12,19-20,23-30,33-37,61H2,1-2H3,(H2,62,74)(H,66,73)(H,67,75)(H,68,76)(H,69,77)(H4,63,64,65)/t49-,50-,51+,52-,53-/m0/s1. The van der Waals surface area contributed by atoms with Crippen LogP contribution in [0.5, 0.6) is 5.75 Å². The Bertz CT molecular complexity index is 2880. The lowest BCUT2D eigenvalue weighted by Gasteiger charge is -2.32. The number of nitrogens with two attached hydrogens (primary N) is 4.